The average Bonchev–Trinajstić information content (AvgIpc) is 2.50. The molecular formula is C15H15Cl2N3O2S2. The molecule has 0 heterocycles. The molecule has 3 N–H and O–H groups in total. The fraction of sp³-hybridized carbons (Fsp3) is 0.133. The molecule has 0 saturated heterocycles. The molecule has 0 spiro atoms. The normalized spacial score (nSPS) is 11.1. The summed E-state index contributed by atoms with van der Waals surface area (Å²) < 4.78 is 26.2. The number of sulfonamides is 1. The van der Waals surface area contributed by atoms with Crippen LogP contribution in [0.25, 0.3) is 0 Å². The Hall–Kier alpha value is -1.38. The van der Waals surface area contributed by atoms with Crippen LogP contribution in [0.2, 0.25) is 10.0 Å². The molecule has 0 aliphatic carbocycles. The summed E-state index contributed by atoms with van der Waals surface area (Å²) in [6.07, 6.45) is 0. The lowest BCUT2D eigenvalue weighted by Gasteiger charge is -2.12. The van der Waals surface area contributed by atoms with Crippen LogP contribution >= 0.6 is 35.4 Å². The Kier molecular flexibility index (Phi) is 6.42. The highest BCUT2D eigenvalue weighted by Crippen LogP contribution is 2.25. The summed E-state index contributed by atoms with van der Waals surface area (Å²) in [6.45, 7) is 2.05. The number of benzene rings is 2. The van der Waals surface area contributed by atoms with E-state index in [-0.39, 0.29) is 4.90 Å². The van der Waals surface area contributed by atoms with Crippen molar-refractivity contribution in [1.82, 2.24) is 4.72 Å². The van der Waals surface area contributed by atoms with E-state index in [0.29, 0.717) is 33.1 Å². The summed E-state index contributed by atoms with van der Waals surface area (Å²) in [5.41, 5.74) is 1.26. The summed E-state index contributed by atoms with van der Waals surface area (Å²) >= 11 is 17.1. The van der Waals surface area contributed by atoms with E-state index >= 15 is 0 Å². The first-order valence-electron chi connectivity index (χ1n) is 6.94. The highest BCUT2D eigenvalue weighted by Gasteiger charge is 2.12. The number of hydrogen-bond acceptors (Lipinski definition) is 3. The van der Waals surface area contributed by atoms with Gasteiger partial charge in [-0.1, -0.05) is 30.1 Å². The van der Waals surface area contributed by atoms with Crippen molar-refractivity contribution in [2.24, 2.45) is 0 Å². The van der Waals surface area contributed by atoms with Gasteiger partial charge in [0.1, 0.15) is 0 Å². The van der Waals surface area contributed by atoms with Crippen molar-refractivity contribution >= 4 is 61.9 Å². The molecule has 0 fully saturated rings. The zero-order valence-electron chi connectivity index (χ0n) is 12.6. The van der Waals surface area contributed by atoms with Gasteiger partial charge in [0.2, 0.25) is 10.0 Å². The lowest BCUT2D eigenvalue weighted by molar-refractivity contribution is 0.584. The Balaban J connectivity index is 2.04. The van der Waals surface area contributed by atoms with Crippen LogP contribution in [0.15, 0.2) is 47.4 Å². The zero-order valence-corrected chi connectivity index (χ0v) is 15.8. The molecule has 0 aromatic heterocycles. The van der Waals surface area contributed by atoms with Gasteiger partial charge < -0.3 is 10.6 Å². The van der Waals surface area contributed by atoms with E-state index in [1.165, 1.54) is 12.1 Å². The molecule has 2 aromatic rings. The second kappa shape index (κ2) is 8.13. The highest BCUT2D eigenvalue weighted by molar-refractivity contribution is 7.89. The van der Waals surface area contributed by atoms with E-state index in [2.05, 4.69) is 15.4 Å². The van der Waals surface area contributed by atoms with Gasteiger partial charge in [-0.3, -0.25) is 0 Å². The molecule has 0 aliphatic rings. The summed E-state index contributed by atoms with van der Waals surface area (Å²) in [7, 11) is -3.47. The molecule has 2 aromatic carbocycles. The van der Waals surface area contributed by atoms with Crippen molar-refractivity contribution in [3.8, 4) is 0 Å². The van der Waals surface area contributed by atoms with Crippen molar-refractivity contribution < 1.29 is 8.42 Å². The molecule has 24 heavy (non-hydrogen) atoms. The maximum atomic E-state index is 11.9. The standard InChI is InChI=1S/C15H15Cl2N3O2S2/c1-2-18-24(21,22)12-6-4-11(5-7-12)19-15(23)20-14-8-3-10(16)9-13(14)17/h3-9,18H,2H2,1H3,(H2,19,20,23). The molecule has 0 saturated carbocycles. The van der Waals surface area contributed by atoms with Crippen molar-refractivity contribution in [2.75, 3.05) is 17.2 Å². The van der Waals surface area contributed by atoms with Crippen LogP contribution in [0.4, 0.5) is 11.4 Å². The van der Waals surface area contributed by atoms with Gasteiger partial charge in [-0.25, -0.2) is 13.1 Å². The van der Waals surface area contributed by atoms with Gasteiger partial charge in [0.15, 0.2) is 5.11 Å². The third-order valence-electron chi connectivity index (χ3n) is 2.94. The molecule has 128 valence electrons. The first kappa shape index (κ1) is 19.0. The van der Waals surface area contributed by atoms with Gasteiger partial charge in [0, 0.05) is 17.3 Å². The Morgan fingerprint density at radius 1 is 1.08 bits per heavy atom. The number of hydrogen-bond donors (Lipinski definition) is 3. The molecule has 5 nitrogen and oxygen atoms in total. The van der Waals surface area contributed by atoms with Gasteiger partial charge >= 0.3 is 0 Å². The molecule has 0 aliphatic heterocycles. The van der Waals surface area contributed by atoms with E-state index < -0.39 is 10.0 Å². The molecule has 0 amide bonds. The quantitative estimate of drug-likeness (QED) is 0.655. The van der Waals surface area contributed by atoms with E-state index in [0.717, 1.165) is 0 Å². The predicted molar refractivity (Wildman–Crippen MR) is 104 cm³/mol. The zero-order chi connectivity index (χ0) is 17.7. The fourth-order valence-electron chi connectivity index (χ4n) is 1.87. The summed E-state index contributed by atoms with van der Waals surface area (Å²) in [5, 5.41) is 7.20. The molecule has 2 rings (SSSR count). The summed E-state index contributed by atoms with van der Waals surface area (Å²) in [5.74, 6) is 0. The van der Waals surface area contributed by atoms with Crippen molar-refractivity contribution in [3.05, 3.63) is 52.5 Å². The molecule has 0 bridgehead atoms. The van der Waals surface area contributed by atoms with Gasteiger partial charge in [-0.15, -0.1) is 0 Å². The molecule has 9 heteroatoms. The Bertz CT molecular complexity index is 840. The lowest BCUT2D eigenvalue weighted by atomic mass is 10.3. The maximum absolute atomic E-state index is 11.9. The van der Waals surface area contributed by atoms with E-state index in [9.17, 15) is 8.42 Å². The third-order valence-corrected chi connectivity index (χ3v) is 5.25. The molecule has 0 unspecified atom stereocenters. The Morgan fingerprint density at radius 3 is 2.33 bits per heavy atom. The van der Waals surface area contributed by atoms with Crippen LogP contribution in [-0.4, -0.2) is 20.1 Å². The largest absolute Gasteiger partial charge is 0.332 e. The summed E-state index contributed by atoms with van der Waals surface area (Å²) in [6, 6.07) is 11.3. The van der Waals surface area contributed by atoms with Crippen LogP contribution in [0.3, 0.4) is 0 Å². The number of rotatable bonds is 5. The first-order chi connectivity index (χ1) is 11.3. The number of halogens is 2. The number of nitrogens with one attached hydrogen (secondary N) is 3. The number of thiocarbonyl (C=S) groups is 1. The van der Waals surface area contributed by atoms with E-state index in [1.807, 2.05) is 0 Å². The second-order valence-electron chi connectivity index (χ2n) is 4.73. The minimum Gasteiger partial charge on any atom is -0.332 e. The molecular weight excluding hydrogens is 389 g/mol. The van der Waals surface area contributed by atoms with Gasteiger partial charge in [0.05, 0.1) is 15.6 Å². The van der Waals surface area contributed by atoms with Crippen LogP contribution in [0, 0.1) is 0 Å². The van der Waals surface area contributed by atoms with Gasteiger partial charge in [-0.2, -0.15) is 0 Å². The summed E-state index contributed by atoms with van der Waals surface area (Å²) in [4.78, 5) is 0.189. The third kappa shape index (κ3) is 5.06. The number of anilines is 2. The van der Waals surface area contributed by atoms with Crippen LogP contribution in [0.5, 0.6) is 0 Å². The Labute approximate surface area is 156 Å². The minimum atomic E-state index is -3.47. The maximum Gasteiger partial charge on any atom is 0.240 e. The van der Waals surface area contributed by atoms with E-state index in [1.54, 1.807) is 37.3 Å². The van der Waals surface area contributed by atoms with Crippen molar-refractivity contribution in [2.45, 2.75) is 11.8 Å². The van der Waals surface area contributed by atoms with Gasteiger partial charge in [-0.05, 0) is 54.7 Å². The van der Waals surface area contributed by atoms with Crippen molar-refractivity contribution in [1.29, 1.82) is 0 Å². The SMILES string of the molecule is CCNS(=O)(=O)c1ccc(NC(=S)Nc2ccc(Cl)cc2Cl)cc1. The Morgan fingerprint density at radius 2 is 1.75 bits per heavy atom. The molecule has 0 radical (unpaired) electrons. The first-order valence-corrected chi connectivity index (χ1v) is 9.59. The second-order valence-corrected chi connectivity index (χ2v) is 7.75. The highest BCUT2D eigenvalue weighted by atomic mass is 35.5. The van der Waals surface area contributed by atoms with Crippen LogP contribution < -0.4 is 15.4 Å². The smallest absolute Gasteiger partial charge is 0.240 e. The monoisotopic (exact) mass is 403 g/mol. The average molecular weight is 404 g/mol. The predicted octanol–water partition coefficient (Wildman–Crippen LogP) is 4.10. The fourth-order valence-corrected chi connectivity index (χ4v) is 3.59. The van der Waals surface area contributed by atoms with Crippen molar-refractivity contribution in [3.63, 3.8) is 0 Å². The van der Waals surface area contributed by atoms with Crippen LogP contribution in [-0.2, 0) is 10.0 Å². The van der Waals surface area contributed by atoms with Gasteiger partial charge in [0.25, 0.3) is 0 Å². The lowest BCUT2D eigenvalue weighted by Crippen LogP contribution is -2.23. The van der Waals surface area contributed by atoms with Crippen LogP contribution in [0.1, 0.15) is 6.92 Å². The molecule has 0 atom stereocenters. The minimum absolute atomic E-state index is 0.189. The topological polar surface area (TPSA) is 70.2 Å². The van der Waals surface area contributed by atoms with E-state index in [4.69, 9.17) is 35.4 Å².